The Bertz CT molecular complexity index is 1260. The summed E-state index contributed by atoms with van der Waals surface area (Å²) < 4.78 is 11.1. The Kier molecular flexibility index (Phi) is 4.65. The number of aromatic nitrogens is 2. The molecule has 0 amide bonds. The van der Waals surface area contributed by atoms with Gasteiger partial charge in [0.25, 0.3) is 0 Å². The highest BCUT2D eigenvalue weighted by molar-refractivity contribution is 7.99. The average Bonchev–Trinajstić information content (AvgIpc) is 3.21. The van der Waals surface area contributed by atoms with E-state index in [-0.39, 0.29) is 0 Å². The highest BCUT2D eigenvalue weighted by atomic mass is 32.2. The van der Waals surface area contributed by atoms with Gasteiger partial charge in [-0.25, -0.2) is 0 Å². The number of hydrogen-bond acceptors (Lipinski definition) is 6. The zero-order chi connectivity index (χ0) is 20.6. The number of rotatable bonds is 3. The topological polar surface area (TPSA) is 47.5 Å². The third-order valence-electron chi connectivity index (χ3n) is 5.85. The van der Waals surface area contributed by atoms with Crippen molar-refractivity contribution in [3.05, 3.63) is 84.2 Å². The van der Waals surface area contributed by atoms with E-state index < -0.39 is 0 Å². The first-order valence-electron chi connectivity index (χ1n) is 10.4. The molecule has 4 aromatic rings. The van der Waals surface area contributed by atoms with E-state index in [9.17, 15) is 0 Å². The summed E-state index contributed by atoms with van der Waals surface area (Å²) in [5.74, 6) is 1.68. The van der Waals surface area contributed by atoms with Gasteiger partial charge in [0, 0.05) is 35.6 Å². The summed E-state index contributed by atoms with van der Waals surface area (Å²) in [5, 5.41) is 0.355. The maximum absolute atomic E-state index is 5.62. The van der Waals surface area contributed by atoms with Crippen molar-refractivity contribution in [3.63, 3.8) is 0 Å². The molecule has 5 nitrogen and oxygen atoms in total. The first kappa shape index (κ1) is 18.5. The Morgan fingerprint density at radius 3 is 2.84 bits per heavy atom. The number of ether oxygens (including phenoxy) is 2. The van der Waals surface area contributed by atoms with Crippen molar-refractivity contribution in [2.45, 2.75) is 23.1 Å². The summed E-state index contributed by atoms with van der Waals surface area (Å²) in [7, 11) is 0. The third kappa shape index (κ3) is 3.47. The molecule has 0 fully saturated rings. The minimum atomic E-state index is 0.307. The predicted octanol–water partition coefficient (Wildman–Crippen LogP) is 5.60. The normalized spacial score (nSPS) is 17.4. The second-order valence-electron chi connectivity index (χ2n) is 7.74. The molecule has 1 atom stereocenters. The van der Waals surface area contributed by atoms with E-state index in [4.69, 9.17) is 9.47 Å². The van der Waals surface area contributed by atoms with Gasteiger partial charge in [-0.05, 0) is 47.9 Å². The van der Waals surface area contributed by atoms with Crippen LogP contribution in [-0.2, 0) is 6.54 Å². The fraction of sp³-hybridized carbons (Fsp3) is 0.200. The van der Waals surface area contributed by atoms with Gasteiger partial charge in [0.15, 0.2) is 11.5 Å². The minimum absolute atomic E-state index is 0.307. The van der Waals surface area contributed by atoms with Crippen LogP contribution in [0.2, 0.25) is 0 Å². The molecule has 0 aliphatic carbocycles. The van der Waals surface area contributed by atoms with Crippen molar-refractivity contribution < 1.29 is 9.47 Å². The van der Waals surface area contributed by atoms with E-state index in [0.29, 0.717) is 12.0 Å². The van der Waals surface area contributed by atoms with Crippen molar-refractivity contribution in [2.24, 2.45) is 0 Å². The van der Waals surface area contributed by atoms with Crippen molar-refractivity contribution in [2.75, 3.05) is 18.2 Å². The van der Waals surface area contributed by atoms with Crippen LogP contribution in [0.5, 0.6) is 11.5 Å². The van der Waals surface area contributed by atoms with Crippen LogP contribution < -0.4 is 14.4 Å². The zero-order valence-corrected chi connectivity index (χ0v) is 17.7. The van der Waals surface area contributed by atoms with E-state index in [1.54, 1.807) is 12.4 Å². The molecule has 3 heterocycles. The molecule has 0 spiro atoms. The van der Waals surface area contributed by atoms with Gasteiger partial charge in [-0.15, -0.1) is 11.8 Å². The highest BCUT2D eigenvalue weighted by Crippen LogP contribution is 2.47. The van der Waals surface area contributed by atoms with Gasteiger partial charge in [-0.2, -0.15) is 0 Å². The first-order chi connectivity index (χ1) is 15.3. The molecule has 6 rings (SSSR count). The van der Waals surface area contributed by atoms with Crippen LogP contribution in [0.15, 0.2) is 78.0 Å². The molecule has 31 heavy (non-hydrogen) atoms. The molecule has 2 aliphatic rings. The molecule has 0 saturated heterocycles. The number of hydrogen-bond donors (Lipinski definition) is 0. The first-order valence-corrected chi connectivity index (χ1v) is 11.3. The standard InChI is InChI=1S/C25H21N3O2S/c1-2-7-24-20(6-1)28(15-18-4-3-5-19-25(18)27-12-11-26-19)13-10-23(31-24)17-8-9-21-22(14-17)30-16-29-21/h1-9,11-12,14,23H,10,13,15-16H2. The summed E-state index contributed by atoms with van der Waals surface area (Å²) >= 11 is 1.93. The van der Waals surface area contributed by atoms with Crippen LogP contribution in [0.1, 0.15) is 22.8 Å². The third-order valence-corrected chi connectivity index (χ3v) is 7.24. The summed E-state index contributed by atoms with van der Waals surface area (Å²) in [6.07, 6.45) is 4.56. The van der Waals surface area contributed by atoms with Crippen molar-refractivity contribution in [1.29, 1.82) is 0 Å². The largest absolute Gasteiger partial charge is 0.454 e. The second kappa shape index (κ2) is 7.78. The zero-order valence-electron chi connectivity index (χ0n) is 16.9. The SMILES string of the molecule is c1ccc2c(c1)SC(c1ccc3c(c1)OCO3)CCN2Cc1cccc2nccnc12. The van der Waals surface area contributed by atoms with Gasteiger partial charge in [0.2, 0.25) is 6.79 Å². The lowest BCUT2D eigenvalue weighted by Gasteiger charge is -2.25. The molecule has 154 valence electrons. The quantitative estimate of drug-likeness (QED) is 0.424. The Hall–Kier alpha value is -3.25. The van der Waals surface area contributed by atoms with Gasteiger partial charge in [-0.3, -0.25) is 9.97 Å². The van der Waals surface area contributed by atoms with Gasteiger partial charge in [0.05, 0.1) is 16.7 Å². The summed E-state index contributed by atoms with van der Waals surface area (Å²) in [6.45, 7) is 2.07. The van der Waals surface area contributed by atoms with Crippen molar-refractivity contribution in [1.82, 2.24) is 9.97 Å². The van der Waals surface area contributed by atoms with E-state index in [1.165, 1.54) is 21.7 Å². The summed E-state index contributed by atoms with van der Waals surface area (Å²) in [5.41, 5.74) is 5.67. The maximum Gasteiger partial charge on any atom is 0.231 e. The van der Waals surface area contributed by atoms with E-state index in [1.807, 2.05) is 23.9 Å². The van der Waals surface area contributed by atoms with Crippen LogP contribution in [0.25, 0.3) is 11.0 Å². The number of nitrogens with zero attached hydrogens (tertiary/aromatic N) is 3. The van der Waals surface area contributed by atoms with E-state index >= 15 is 0 Å². The average molecular weight is 428 g/mol. The summed E-state index contributed by atoms with van der Waals surface area (Å²) in [6, 6.07) is 21.3. The lowest BCUT2D eigenvalue weighted by molar-refractivity contribution is 0.174. The Morgan fingerprint density at radius 2 is 1.84 bits per heavy atom. The van der Waals surface area contributed by atoms with Crippen LogP contribution in [-0.4, -0.2) is 23.3 Å². The molecule has 2 aliphatic heterocycles. The van der Waals surface area contributed by atoms with Crippen LogP contribution in [0.4, 0.5) is 5.69 Å². The van der Waals surface area contributed by atoms with Crippen LogP contribution in [0, 0.1) is 0 Å². The maximum atomic E-state index is 5.62. The van der Waals surface area contributed by atoms with E-state index in [2.05, 4.69) is 63.4 Å². The molecule has 6 heteroatoms. The summed E-state index contributed by atoms with van der Waals surface area (Å²) in [4.78, 5) is 12.8. The van der Waals surface area contributed by atoms with Gasteiger partial charge in [0.1, 0.15) is 0 Å². The van der Waals surface area contributed by atoms with Gasteiger partial charge < -0.3 is 14.4 Å². The van der Waals surface area contributed by atoms with Crippen molar-refractivity contribution in [3.8, 4) is 11.5 Å². The number of fused-ring (bicyclic) bond motifs is 3. The molecule has 1 unspecified atom stereocenters. The minimum Gasteiger partial charge on any atom is -0.454 e. The van der Waals surface area contributed by atoms with Crippen molar-refractivity contribution >= 4 is 28.5 Å². The fourth-order valence-electron chi connectivity index (χ4n) is 4.32. The highest BCUT2D eigenvalue weighted by Gasteiger charge is 2.25. The lowest BCUT2D eigenvalue weighted by Crippen LogP contribution is -2.24. The second-order valence-corrected chi connectivity index (χ2v) is 8.98. The Labute approximate surface area is 185 Å². The molecule has 3 aromatic carbocycles. The molecule has 0 radical (unpaired) electrons. The molecular formula is C25H21N3O2S. The lowest BCUT2D eigenvalue weighted by atomic mass is 10.1. The number of para-hydroxylation sites is 2. The molecule has 0 bridgehead atoms. The fourth-order valence-corrected chi connectivity index (χ4v) is 5.61. The molecule has 0 N–H and O–H groups in total. The molecular weight excluding hydrogens is 406 g/mol. The smallest absolute Gasteiger partial charge is 0.231 e. The predicted molar refractivity (Wildman–Crippen MR) is 123 cm³/mol. The van der Waals surface area contributed by atoms with Crippen LogP contribution >= 0.6 is 11.8 Å². The number of thioether (sulfide) groups is 1. The van der Waals surface area contributed by atoms with Crippen LogP contribution in [0.3, 0.4) is 0 Å². The molecule has 1 aromatic heterocycles. The molecule has 0 saturated carbocycles. The van der Waals surface area contributed by atoms with E-state index in [0.717, 1.165) is 42.0 Å². The Balaban J connectivity index is 1.33. The van der Waals surface area contributed by atoms with Gasteiger partial charge >= 0.3 is 0 Å². The number of benzene rings is 3. The monoisotopic (exact) mass is 427 g/mol. The van der Waals surface area contributed by atoms with Gasteiger partial charge in [-0.1, -0.05) is 30.3 Å². The number of anilines is 1. The Morgan fingerprint density at radius 1 is 0.935 bits per heavy atom.